The molecule has 0 radical (unpaired) electrons. The van der Waals surface area contributed by atoms with E-state index in [1.165, 1.54) is 32.1 Å². The molecule has 1 heterocycles. The van der Waals surface area contributed by atoms with E-state index in [0.717, 1.165) is 44.6 Å². The van der Waals surface area contributed by atoms with Crippen molar-refractivity contribution in [1.29, 1.82) is 0 Å². The summed E-state index contributed by atoms with van der Waals surface area (Å²) in [5.74, 6) is 1.66. The molecule has 1 saturated carbocycles. The summed E-state index contributed by atoms with van der Waals surface area (Å²) in [4.78, 5) is 0. The highest BCUT2D eigenvalue weighted by molar-refractivity contribution is 4.83. The average molecular weight is 269 g/mol. The molecule has 3 unspecified atom stereocenters. The summed E-state index contributed by atoms with van der Waals surface area (Å²) in [5.41, 5.74) is 0. The fraction of sp³-hybridized carbons (Fsp3) is 1.00. The Labute approximate surface area is 118 Å². The molecule has 0 aromatic rings. The van der Waals surface area contributed by atoms with Gasteiger partial charge in [-0.05, 0) is 50.5 Å². The molecule has 2 fully saturated rings. The summed E-state index contributed by atoms with van der Waals surface area (Å²) in [6.45, 7) is 8.44. The lowest BCUT2D eigenvalue weighted by molar-refractivity contribution is 0.0162. The fourth-order valence-electron chi connectivity index (χ4n) is 3.52. The molecule has 1 N–H and O–H groups in total. The van der Waals surface area contributed by atoms with Crippen LogP contribution >= 0.6 is 0 Å². The van der Waals surface area contributed by atoms with Crippen molar-refractivity contribution < 1.29 is 9.47 Å². The highest BCUT2D eigenvalue weighted by atomic mass is 16.5. The Morgan fingerprint density at radius 1 is 1.11 bits per heavy atom. The van der Waals surface area contributed by atoms with Crippen molar-refractivity contribution in [2.75, 3.05) is 26.4 Å². The van der Waals surface area contributed by atoms with Crippen LogP contribution < -0.4 is 5.32 Å². The van der Waals surface area contributed by atoms with Crippen LogP contribution in [0.4, 0.5) is 0 Å². The van der Waals surface area contributed by atoms with Crippen LogP contribution in [-0.2, 0) is 9.47 Å². The zero-order valence-corrected chi connectivity index (χ0v) is 12.7. The Bertz CT molecular complexity index is 231. The molecule has 0 spiro atoms. The molecule has 2 aliphatic rings. The smallest absolute Gasteiger partial charge is 0.0809 e. The molecule has 1 aliphatic heterocycles. The van der Waals surface area contributed by atoms with Crippen LogP contribution in [0.25, 0.3) is 0 Å². The van der Waals surface area contributed by atoms with Gasteiger partial charge in [-0.15, -0.1) is 0 Å². The van der Waals surface area contributed by atoms with Crippen molar-refractivity contribution in [3.05, 3.63) is 0 Å². The van der Waals surface area contributed by atoms with Crippen molar-refractivity contribution in [2.45, 2.75) is 64.5 Å². The molecule has 2 rings (SSSR count). The predicted molar refractivity (Wildman–Crippen MR) is 78.4 cm³/mol. The topological polar surface area (TPSA) is 30.5 Å². The molecule has 19 heavy (non-hydrogen) atoms. The molecule has 3 heteroatoms. The Balaban J connectivity index is 1.48. The normalized spacial score (nSPS) is 35.7. The van der Waals surface area contributed by atoms with E-state index < -0.39 is 0 Å². The van der Waals surface area contributed by atoms with Crippen LogP contribution in [0.1, 0.15) is 52.4 Å². The zero-order chi connectivity index (χ0) is 13.5. The lowest BCUT2D eigenvalue weighted by Crippen LogP contribution is -2.43. The molecule has 0 aromatic carbocycles. The second-order valence-electron chi connectivity index (χ2n) is 6.43. The summed E-state index contributed by atoms with van der Waals surface area (Å²) < 4.78 is 11.2. The van der Waals surface area contributed by atoms with Gasteiger partial charge in [0.25, 0.3) is 0 Å². The minimum Gasteiger partial charge on any atom is -0.379 e. The van der Waals surface area contributed by atoms with E-state index in [9.17, 15) is 0 Å². The maximum atomic E-state index is 5.70. The fourth-order valence-corrected chi connectivity index (χ4v) is 3.52. The van der Waals surface area contributed by atoms with E-state index in [2.05, 4.69) is 19.2 Å². The van der Waals surface area contributed by atoms with Crippen LogP contribution in [0.15, 0.2) is 0 Å². The van der Waals surface area contributed by atoms with Crippen molar-refractivity contribution in [3.8, 4) is 0 Å². The number of ether oxygens (including phenoxy) is 2. The lowest BCUT2D eigenvalue weighted by atomic mass is 9.79. The maximum Gasteiger partial charge on any atom is 0.0809 e. The van der Waals surface area contributed by atoms with E-state index in [4.69, 9.17) is 9.47 Å². The monoisotopic (exact) mass is 269 g/mol. The summed E-state index contributed by atoms with van der Waals surface area (Å²) in [5, 5.41) is 3.74. The summed E-state index contributed by atoms with van der Waals surface area (Å²) in [6.07, 6.45) is 8.04. The Morgan fingerprint density at radius 2 is 1.89 bits per heavy atom. The summed E-state index contributed by atoms with van der Waals surface area (Å²) in [7, 11) is 0. The van der Waals surface area contributed by atoms with Crippen LogP contribution in [0.5, 0.6) is 0 Å². The number of rotatable bonds is 7. The van der Waals surface area contributed by atoms with Crippen LogP contribution in [-0.4, -0.2) is 38.5 Å². The van der Waals surface area contributed by atoms with Crippen LogP contribution in [0.2, 0.25) is 0 Å². The third-order valence-corrected chi connectivity index (χ3v) is 4.72. The van der Waals surface area contributed by atoms with Gasteiger partial charge in [0, 0.05) is 19.3 Å². The van der Waals surface area contributed by atoms with E-state index in [1.807, 2.05) is 0 Å². The van der Waals surface area contributed by atoms with Crippen molar-refractivity contribution in [2.24, 2.45) is 11.8 Å². The molecule has 0 aromatic heterocycles. The maximum absolute atomic E-state index is 5.70. The van der Waals surface area contributed by atoms with Crippen molar-refractivity contribution in [1.82, 2.24) is 5.32 Å². The summed E-state index contributed by atoms with van der Waals surface area (Å²) in [6, 6.07) is 0.715. The standard InChI is InChI=1S/C16H31NO2/c1-13-6-3-7-14(2)16(13)17-9-5-10-18-12-15-8-4-11-19-15/h13-17H,3-12H2,1-2H3. The average Bonchev–Trinajstić information content (AvgIpc) is 2.89. The third kappa shape index (κ3) is 5.05. The van der Waals surface area contributed by atoms with Crippen molar-refractivity contribution >= 4 is 0 Å². The quantitative estimate of drug-likeness (QED) is 0.721. The molecule has 1 saturated heterocycles. The van der Waals surface area contributed by atoms with Gasteiger partial charge in [-0.2, -0.15) is 0 Å². The number of hydrogen-bond donors (Lipinski definition) is 1. The van der Waals surface area contributed by atoms with E-state index in [-0.39, 0.29) is 0 Å². The van der Waals surface area contributed by atoms with Gasteiger partial charge in [0.15, 0.2) is 0 Å². The Kier molecular flexibility index (Phi) is 6.62. The van der Waals surface area contributed by atoms with Gasteiger partial charge >= 0.3 is 0 Å². The van der Waals surface area contributed by atoms with Crippen LogP contribution in [0.3, 0.4) is 0 Å². The van der Waals surface area contributed by atoms with E-state index >= 15 is 0 Å². The SMILES string of the molecule is CC1CCCC(C)C1NCCCOCC1CCCO1. The first kappa shape index (κ1) is 15.3. The predicted octanol–water partition coefficient (Wildman–Crippen LogP) is 2.99. The zero-order valence-electron chi connectivity index (χ0n) is 12.7. The molecule has 1 aliphatic carbocycles. The molecule has 3 atom stereocenters. The highest BCUT2D eigenvalue weighted by Crippen LogP contribution is 2.28. The van der Waals surface area contributed by atoms with E-state index in [0.29, 0.717) is 12.1 Å². The first-order chi connectivity index (χ1) is 9.27. The second kappa shape index (κ2) is 8.23. The molecule has 112 valence electrons. The van der Waals surface area contributed by atoms with Gasteiger partial charge < -0.3 is 14.8 Å². The number of hydrogen-bond acceptors (Lipinski definition) is 3. The van der Waals surface area contributed by atoms with Gasteiger partial charge in [0.1, 0.15) is 0 Å². The largest absolute Gasteiger partial charge is 0.379 e. The molecule has 0 amide bonds. The first-order valence-corrected chi connectivity index (χ1v) is 8.20. The molecule has 0 bridgehead atoms. The summed E-state index contributed by atoms with van der Waals surface area (Å²) >= 11 is 0. The minimum absolute atomic E-state index is 0.367. The Hall–Kier alpha value is -0.120. The van der Waals surface area contributed by atoms with Gasteiger partial charge in [0.05, 0.1) is 12.7 Å². The van der Waals surface area contributed by atoms with Crippen molar-refractivity contribution in [3.63, 3.8) is 0 Å². The Morgan fingerprint density at radius 3 is 2.58 bits per heavy atom. The first-order valence-electron chi connectivity index (χ1n) is 8.20. The van der Waals surface area contributed by atoms with Gasteiger partial charge in [-0.1, -0.05) is 20.3 Å². The lowest BCUT2D eigenvalue weighted by Gasteiger charge is -2.35. The van der Waals surface area contributed by atoms with Gasteiger partial charge in [-0.25, -0.2) is 0 Å². The molecular formula is C16H31NO2. The second-order valence-corrected chi connectivity index (χ2v) is 6.43. The number of nitrogens with one attached hydrogen (secondary N) is 1. The van der Waals surface area contributed by atoms with Crippen LogP contribution in [0, 0.1) is 11.8 Å². The van der Waals surface area contributed by atoms with E-state index in [1.54, 1.807) is 0 Å². The molecule has 3 nitrogen and oxygen atoms in total. The molecular weight excluding hydrogens is 238 g/mol. The minimum atomic E-state index is 0.367. The third-order valence-electron chi connectivity index (χ3n) is 4.72. The van der Waals surface area contributed by atoms with Gasteiger partial charge in [0.2, 0.25) is 0 Å². The highest BCUT2D eigenvalue weighted by Gasteiger charge is 2.26. The van der Waals surface area contributed by atoms with Gasteiger partial charge in [-0.3, -0.25) is 0 Å².